The fourth-order valence-electron chi connectivity index (χ4n) is 2.17. The quantitative estimate of drug-likeness (QED) is 0.873. The molecule has 1 aromatic heterocycles. The Morgan fingerprint density at radius 2 is 2.21 bits per heavy atom. The van der Waals surface area contributed by atoms with E-state index in [9.17, 15) is 8.42 Å². The third-order valence-electron chi connectivity index (χ3n) is 3.11. The second kappa shape index (κ2) is 6.30. The minimum Gasteiger partial charge on any atom is -0.463 e. The van der Waals surface area contributed by atoms with Gasteiger partial charge >= 0.3 is 0 Å². The van der Waals surface area contributed by atoms with Crippen LogP contribution in [0.5, 0.6) is 0 Å². The third-order valence-corrected chi connectivity index (χ3v) is 5.80. The topological polar surface area (TPSA) is 62.6 Å². The van der Waals surface area contributed by atoms with Crippen molar-refractivity contribution in [2.24, 2.45) is 0 Å². The number of nitrogens with one attached hydrogen (secondary N) is 1. The normalized spacial score (nSPS) is 21.7. The summed E-state index contributed by atoms with van der Waals surface area (Å²) in [5.41, 5.74) is 0. The van der Waals surface area contributed by atoms with Crippen LogP contribution in [0.2, 0.25) is 0 Å². The van der Waals surface area contributed by atoms with E-state index in [-0.39, 0.29) is 0 Å². The highest BCUT2D eigenvalue weighted by atomic mass is 32.2. The molecule has 1 saturated heterocycles. The van der Waals surface area contributed by atoms with Crippen LogP contribution in [0.25, 0.3) is 0 Å². The van der Waals surface area contributed by atoms with Crippen molar-refractivity contribution in [3.8, 4) is 0 Å². The first-order chi connectivity index (χ1) is 9.00. The summed E-state index contributed by atoms with van der Waals surface area (Å²) in [6.07, 6.45) is 1.31. The van der Waals surface area contributed by atoms with Crippen LogP contribution in [-0.4, -0.2) is 50.0 Å². The van der Waals surface area contributed by atoms with Gasteiger partial charge in [-0.25, -0.2) is 8.42 Å². The zero-order valence-electron chi connectivity index (χ0n) is 11.3. The summed E-state index contributed by atoms with van der Waals surface area (Å²) < 4.78 is 29.3. The Morgan fingerprint density at radius 1 is 1.47 bits per heavy atom. The molecule has 1 fully saturated rings. The molecule has 2 rings (SSSR count). The second-order valence-corrected chi connectivity index (χ2v) is 8.08. The Balaban J connectivity index is 2.06. The van der Waals surface area contributed by atoms with E-state index in [1.165, 1.54) is 6.26 Å². The zero-order chi connectivity index (χ0) is 13.9. The molecule has 0 aromatic carbocycles. The van der Waals surface area contributed by atoms with Crippen LogP contribution in [-0.2, 0) is 22.9 Å². The van der Waals surface area contributed by atoms with Crippen LogP contribution in [0.15, 0.2) is 16.5 Å². The molecule has 0 saturated carbocycles. The molecule has 7 heteroatoms. The molecule has 1 N–H and O–H groups in total. The standard InChI is InChI=1S/C12H20N2O3S2/c1-13-7-10-3-4-11(17-10)8-14-5-6-18-9-12(14)19(2,15)16/h3-4,12-13H,5-9H2,1-2H3. The summed E-state index contributed by atoms with van der Waals surface area (Å²) >= 11 is 1.70. The van der Waals surface area contributed by atoms with Gasteiger partial charge in [0, 0.05) is 24.3 Å². The van der Waals surface area contributed by atoms with Crippen molar-refractivity contribution >= 4 is 21.6 Å². The van der Waals surface area contributed by atoms with Gasteiger partial charge in [-0.3, -0.25) is 4.90 Å². The molecule has 1 atom stereocenters. The first-order valence-electron chi connectivity index (χ1n) is 6.23. The third kappa shape index (κ3) is 3.98. The van der Waals surface area contributed by atoms with Crippen LogP contribution in [0.1, 0.15) is 11.5 Å². The predicted molar refractivity (Wildman–Crippen MR) is 77.8 cm³/mol. The molecule has 1 aliphatic rings. The predicted octanol–water partition coefficient (Wildman–Crippen LogP) is 0.919. The molecular weight excluding hydrogens is 284 g/mol. The van der Waals surface area contributed by atoms with Gasteiger partial charge < -0.3 is 9.73 Å². The highest BCUT2D eigenvalue weighted by Crippen LogP contribution is 2.23. The molecule has 19 heavy (non-hydrogen) atoms. The molecule has 5 nitrogen and oxygen atoms in total. The molecular formula is C12H20N2O3S2. The van der Waals surface area contributed by atoms with E-state index < -0.39 is 15.2 Å². The van der Waals surface area contributed by atoms with E-state index in [4.69, 9.17) is 4.42 Å². The van der Waals surface area contributed by atoms with Crippen molar-refractivity contribution in [3.05, 3.63) is 23.7 Å². The SMILES string of the molecule is CNCc1ccc(CN2CCSCC2S(C)(=O)=O)o1. The Kier molecular flexibility index (Phi) is 4.94. The van der Waals surface area contributed by atoms with Crippen LogP contribution >= 0.6 is 11.8 Å². The second-order valence-electron chi connectivity index (χ2n) is 4.73. The van der Waals surface area contributed by atoms with Gasteiger partial charge in [0.2, 0.25) is 0 Å². The van der Waals surface area contributed by atoms with Gasteiger partial charge in [-0.15, -0.1) is 0 Å². The molecule has 1 aliphatic heterocycles. The summed E-state index contributed by atoms with van der Waals surface area (Å²) in [4.78, 5) is 1.99. The van der Waals surface area contributed by atoms with Crippen molar-refractivity contribution < 1.29 is 12.8 Å². The monoisotopic (exact) mass is 304 g/mol. The molecule has 108 valence electrons. The maximum Gasteiger partial charge on any atom is 0.164 e. The zero-order valence-corrected chi connectivity index (χ0v) is 12.9. The Bertz CT molecular complexity index is 513. The highest BCUT2D eigenvalue weighted by molar-refractivity contribution is 8.00. The van der Waals surface area contributed by atoms with Gasteiger partial charge in [0.05, 0.1) is 13.1 Å². The average Bonchev–Trinajstić information content (AvgIpc) is 2.76. The summed E-state index contributed by atoms with van der Waals surface area (Å²) in [6, 6.07) is 3.85. The first kappa shape index (κ1) is 14.9. The van der Waals surface area contributed by atoms with E-state index in [1.54, 1.807) is 11.8 Å². The number of hydrogen-bond acceptors (Lipinski definition) is 6. The van der Waals surface area contributed by atoms with E-state index in [0.29, 0.717) is 18.8 Å². The fourth-order valence-corrected chi connectivity index (χ4v) is 5.11. The number of nitrogens with zero attached hydrogens (tertiary/aromatic N) is 1. The van der Waals surface area contributed by atoms with Crippen molar-refractivity contribution in [1.82, 2.24) is 10.2 Å². The van der Waals surface area contributed by atoms with Crippen LogP contribution < -0.4 is 5.32 Å². The maximum absolute atomic E-state index is 11.8. The largest absolute Gasteiger partial charge is 0.463 e. The first-order valence-corrected chi connectivity index (χ1v) is 9.34. The summed E-state index contributed by atoms with van der Waals surface area (Å²) in [5.74, 6) is 3.31. The van der Waals surface area contributed by atoms with Crippen molar-refractivity contribution in [2.45, 2.75) is 18.5 Å². The lowest BCUT2D eigenvalue weighted by Crippen LogP contribution is -2.46. The Labute approximate surface area is 118 Å². The number of rotatable bonds is 5. The Morgan fingerprint density at radius 3 is 2.89 bits per heavy atom. The number of thioether (sulfide) groups is 1. The van der Waals surface area contributed by atoms with Crippen LogP contribution in [0.4, 0.5) is 0 Å². The number of furan rings is 1. The van der Waals surface area contributed by atoms with E-state index >= 15 is 0 Å². The van der Waals surface area contributed by atoms with E-state index in [1.807, 2.05) is 24.1 Å². The lowest BCUT2D eigenvalue weighted by Gasteiger charge is -2.33. The molecule has 1 aromatic rings. The van der Waals surface area contributed by atoms with Gasteiger partial charge in [-0.1, -0.05) is 0 Å². The van der Waals surface area contributed by atoms with Gasteiger partial charge in [0.25, 0.3) is 0 Å². The smallest absolute Gasteiger partial charge is 0.164 e. The van der Waals surface area contributed by atoms with Crippen LogP contribution in [0, 0.1) is 0 Å². The average molecular weight is 304 g/mol. The Hall–Kier alpha value is -0.500. The lowest BCUT2D eigenvalue weighted by molar-refractivity contribution is 0.238. The molecule has 0 radical (unpaired) electrons. The molecule has 0 amide bonds. The molecule has 0 bridgehead atoms. The maximum atomic E-state index is 11.8. The van der Waals surface area contributed by atoms with E-state index in [0.717, 1.165) is 23.8 Å². The minimum atomic E-state index is -3.05. The molecule has 0 spiro atoms. The summed E-state index contributed by atoms with van der Waals surface area (Å²) in [5, 5.41) is 2.63. The molecule has 0 aliphatic carbocycles. The van der Waals surface area contributed by atoms with E-state index in [2.05, 4.69) is 5.32 Å². The van der Waals surface area contributed by atoms with Crippen LogP contribution in [0.3, 0.4) is 0 Å². The van der Waals surface area contributed by atoms with Gasteiger partial charge in [-0.05, 0) is 19.2 Å². The number of hydrogen-bond donors (Lipinski definition) is 1. The van der Waals surface area contributed by atoms with Gasteiger partial charge in [0.15, 0.2) is 9.84 Å². The van der Waals surface area contributed by atoms with Gasteiger partial charge in [0.1, 0.15) is 16.9 Å². The lowest BCUT2D eigenvalue weighted by atomic mass is 10.3. The molecule has 2 heterocycles. The summed E-state index contributed by atoms with van der Waals surface area (Å²) in [6.45, 7) is 2.03. The molecule has 1 unspecified atom stereocenters. The minimum absolute atomic E-state index is 0.399. The van der Waals surface area contributed by atoms with Crippen molar-refractivity contribution in [3.63, 3.8) is 0 Å². The van der Waals surface area contributed by atoms with Crippen molar-refractivity contribution in [2.75, 3.05) is 31.4 Å². The van der Waals surface area contributed by atoms with Gasteiger partial charge in [-0.2, -0.15) is 11.8 Å². The highest BCUT2D eigenvalue weighted by Gasteiger charge is 2.31. The van der Waals surface area contributed by atoms with Crippen molar-refractivity contribution in [1.29, 1.82) is 0 Å². The number of sulfone groups is 1. The fraction of sp³-hybridized carbons (Fsp3) is 0.667. The summed E-state index contributed by atoms with van der Waals surface area (Å²) in [7, 11) is -1.18.